The molecule has 1 amide bonds. The molecule has 1 heterocycles. The zero-order valence-corrected chi connectivity index (χ0v) is 32.0. The number of rotatable bonds is 12. The third kappa shape index (κ3) is 5.70. The van der Waals surface area contributed by atoms with E-state index in [4.69, 9.17) is 39.4 Å². The fourth-order valence-corrected chi connectivity index (χ4v) is 12.3. The van der Waals surface area contributed by atoms with Crippen molar-refractivity contribution in [2.24, 2.45) is 23.2 Å². The van der Waals surface area contributed by atoms with Crippen molar-refractivity contribution in [1.82, 2.24) is 4.90 Å². The number of methoxy groups -OCH3 is 3. The van der Waals surface area contributed by atoms with Crippen molar-refractivity contribution >= 4 is 35.5 Å². The van der Waals surface area contributed by atoms with Gasteiger partial charge in [-0.05, 0) is 44.4 Å². The summed E-state index contributed by atoms with van der Waals surface area (Å²) in [6.07, 6.45) is -2.50. The number of esters is 1. The topological polar surface area (TPSA) is 279 Å². The Morgan fingerprint density at radius 2 is 1.54 bits per heavy atom. The first-order valence-corrected chi connectivity index (χ1v) is 18.7. The smallest absolute Gasteiger partial charge is 0.340 e. The first-order valence-electron chi connectivity index (χ1n) is 18.7. The van der Waals surface area contributed by atoms with Crippen molar-refractivity contribution in [1.29, 1.82) is 0 Å². The molecule has 18 heteroatoms. The Kier molecular flexibility index (Phi) is 10.7. The van der Waals surface area contributed by atoms with Crippen LogP contribution in [0.4, 0.5) is 5.69 Å². The Hall–Kier alpha value is -3.75. The van der Waals surface area contributed by atoms with Gasteiger partial charge in [0.2, 0.25) is 5.91 Å². The van der Waals surface area contributed by atoms with Crippen molar-refractivity contribution in [3.8, 4) is 0 Å². The van der Waals surface area contributed by atoms with Gasteiger partial charge < -0.3 is 60.0 Å². The summed E-state index contributed by atoms with van der Waals surface area (Å²) in [5, 5.41) is 74.4. The highest BCUT2D eigenvalue weighted by atomic mass is 16.6. The van der Waals surface area contributed by atoms with Crippen LogP contribution in [0, 0.1) is 23.2 Å². The molecule has 6 aliphatic rings. The maximum atomic E-state index is 14.0. The number of carbonyl (C=O) groups is 5. The summed E-state index contributed by atoms with van der Waals surface area (Å²) in [6, 6.07) is 6.65. The number of para-hydroxylation sites is 1. The third-order valence-corrected chi connectivity index (χ3v) is 14.0. The van der Waals surface area contributed by atoms with E-state index in [0.717, 1.165) is 0 Å². The number of anilines is 1. The number of aliphatic carboxylic acids is 3. The van der Waals surface area contributed by atoms with Crippen molar-refractivity contribution in [3.05, 3.63) is 29.8 Å². The van der Waals surface area contributed by atoms with E-state index in [1.165, 1.54) is 21.1 Å². The number of hydrogen-bond acceptors (Lipinski definition) is 14. The number of fused-ring (bicyclic) bond motifs is 2. The van der Waals surface area contributed by atoms with Gasteiger partial charge in [-0.2, -0.15) is 0 Å². The molecule has 6 fully saturated rings. The lowest BCUT2D eigenvalue weighted by Gasteiger charge is -2.70. The van der Waals surface area contributed by atoms with Gasteiger partial charge in [0, 0.05) is 70.4 Å². The molecule has 56 heavy (non-hydrogen) atoms. The SMILES string of the molecule is CCN1C[C@]2(OC(=O)c3ccccc3NC(C)=O)CC[C@H](OC)[C@]34C1[C@H](C[C@H]23)[C@@]1(O)C[C@H](OC)[C@@]2(O)C[C@@H]4[C@]1(O)[C@H]2OC.O=C(O)CC(O)(CC(=O)O)C(=O)O. The van der Waals surface area contributed by atoms with E-state index in [1.54, 1.807) is 31.4 Å². The van der Waals surface area contributed by atoms with Crippen LogP contribution in [0.1, 0.15) is 69.2 Å². The van der Waals surface area contributed by atoms with Crippen LogP contribution in [-0.4, -0.2) is 157 Å². The number of amides is 1. The Balaban J connectivity index is 0.000000353. The molecule has 12 atom stereocenters. The van der Waals surface area contributed by atoms with E-state index in [0.29, 0.717) is 38.0 Å². The summed E-state index contributed by atoms with van der Waals surface area (Å²) in [5.74, 6) is -7.10. The number of carboxylic acids is 3. The third-order valence-electron chi connectivity index (χ3n) is 14.0. The van der Waals surface area contributed by atoms with E-state index in [9.17, 15) is 39.3 Å². The van der Waals surface area contributed by atoms with E-state index in [1.807, 2.05) is 0 Å². The molecule has 7 bridgehead atoms. The monoisotopic (exact) mass is 792 g/mol. The molecular formula is C38H52N2O16. The molecule has 1 spiro atoms. The van der Waals surface area contributed by atoms with E-state index in [2.05, 4.69) is 17.1 Å². The average Bonchev–Trinajstić information content (AvgIpc) is 3.50. The maximum Gasteiger partial charge on any atom is 0.340 e. The second-order valence-corrected chi connectivity index (χ2v) is 16.4. The summed E-state index contributed by atoms with van der Waals surface area (Å²) in [6.45, 7) is 4.58. The van der Waals surface area contributed by atoms with Crippen LogP contribution >= 0.6 is 0 Å². The molecule has 0 aromatic heterocycles. The molecule has 310 valence electrons. The quantitative estimate of drug-likeness (QED) is 0.130. The first-order chi connectivity index (χ1) is 26.2. The van der Waals surface area contributed by atoms with Gasteiger partial charge in [0.1, 0.15) is 28.5 Å². The van der Waals surface area contributed by atoms with Crippen molar-refractivity contribution in [2.75, 3.05) is 39.7 Å². The number of aliphatic hydroxyl groups is 4. The predicted octanol–water partition coefficient (Wildman–Crippen LogP) is 0.0880. The van der Waals surface area contributed by atoms with Gasteiger partial charge >= 0.3 is 23.9 Å². The van der Waals surface area contributed by atoms with E-state index in [-0.39, 0.29) is 42.4 Å². The number of carbonyl (C=O) groups excluding carboxylic acids is 2. The number of likely N-dealkylation sites (N-methyl/N-ethyl adjacent to an activating group) is 1. The van der Waals surface area contributed by atoms with E-state index >= 15 is 0 Å². The number of hydrogen-bond donors (Lipinski definition) is 8. The summed E-state index contributed by atoms with van der Waals surface area (Å²) in [4.78, 5) is 58.7. The number of nitrogens with zero attached hydrogens (tertiary/aromatic N) is 1. The zero-order chi connectivity index (χ0) is 41.4. The van der Waals surface area contributed by atoms with Gasteiger partial charge in [0.25, 0.3) is 0 Å². The maximum absolute atomic E-state index is 14.0. The minimum absolute atomic E-state index is 0.0723. The van der Waals surface area contributed by atoms with Crippen molar-refractivity contribution in [2.45, 2.75) is 111 Å². The molecule has 1 saturated heterocycles. The minimum atomic E-state index is -2.74. The summed E-state index contributed by atoms with van der Waals surface area (Å²) >= 11 is 0. The number of piperidine rings is 1. The fourth-order valence-electron chi connectivity index (χ4n) is 12.3. The summed E-state index contributed by atoms with van der Waals surface area (Å²) in [5.41, 5.74) is -8.66. The average molecular weight is 793 g/mol. The van der Waals surface area contributed by atoms with Crippen molar-refractivity contribution < 1.29 is 78.7 Å². The lowest BCUT2D eigenvalue weighted by Crippen LogP contribution is -2.84. The molecule has 5 saturated carbocycles. The fraction of sp³-hybridized carbons (Fsp3) is 0.711. The van der Waals surface area contributed by atoms with Gasteiger partial charge in [-0.1, -0.05) is 19.1 Å². The normalized spacial score (nSPS) is 40.2. The molecule has 5 aliphatic carbocycles. The molecule has 1 aromatic carbocycles. The van der Waals surface area contributed by atoms with Gasteiger partial charge in [0.05, 0.1) is 36.3 Å². The van der Waals surface area contributed by atoms with Crippen LogP contribution in [0.5, 0.6) is 0 Å². The number of nitrogens with one attached hydrogen (secondary N) is 1. The van der Waals surface area contributed by atoms with Crippen molar-refractivity contribution in [3.63, 3.8) is 0 Å². The summed E-state index contributed by atoms with van der Waals surface area (Å²) < 4.78 is 24.7. The second kappa shape index (κ2) is 14.3. The molecule has 1 unspecified atom stereocenters. The molecule has 7 rings (SSSR count). The van der Waals surface area contributed by atoms with Crippen LogP contribution in [0.2, 0.25) is 0 Å². The van der Waals surface area contributed by atoms with Gasteiger partial charge in [-0.25, -0.2) is 9.59 Å². The van der Waals surface area contributed by atoms with Gasteiger partial charge in [-0.3, -0.25) is 19.3 Å². The zero-order valence-electron chi connectivity index (χ0n) is 32.0. The van der Waals surface area contributed by atoms with Crippen LogP contribution in [0.25, 0.3) is 0 Å². The standard InChI is InChI=1S/C32H44N2O9.C6H8O7/c1-6-34-16-28(43-26(36)18-9-7-8-10-20(18)33-17(2)35)12-11-23(40-3)31-21(28)13-19(25(31)34)30(38)15-24(41-4)29(37)14-22(31)32(30,39)27(29)42-5;7-3(8)1-6(13,5(11)12)2-4(9)10/h7-10,19,21-25,27,37-39H,6,11-16H2,1-5H3,(H,33,35);13H,1-2H2,(H,7,8)(H,9,10)(H,11,12)/t19-,21+,22-,23-,24-,25?,27-,28+,29-,30-,31-,32-;/m0./s1. The number of benzene rings is 1. The second-order valence-electron chi connectivity index (χ2n) is 16.4. The Morgan fingerprint density at radius 3 is 2.07 bits per heavy atom. The van der Waals surface area contributed by atoms with E-state index < -0.39 is 94.2 Å². The van der Waals surface area contributed by atoms with Crippen LogP contribution in [0.15, 0.2) is 24.3 Å². The molecule has 18 nitrogen and oxygen atoms in total. The van der Waals surface area contributed by atoms with Crippen LogP contribution in [-0.2, 0) is 38.1 Å². The molecule has 8 N–H and O–H groups in total. The van der Waals surface area contributed by atoms with Crippen LogP contribution in [0.3, 0.4) is 0 Å². The lowest BCUT2D eigenvalue weighted by molar-refractivity contribution is -0.347. The highest BCUT2D eigenvalue weighted by Gasteiger charge is 2.91. The van der Waals surface area contributed by atoms with Gasteiger partial charge in [-0.15, -0.1) is 0 Å². The molecular weight excluding hydrogens is 740 g/mol. The Morgan fingerprint density at radius 1 is 0.911 bits per heavy atom. The lowest BCUT2D eigenvalue weighted by atomic mass is 9.44. The highest BCUT2D eigenvalue weighted by molar-refractivity contribution is 6.00. The van der Waals surface area contributed by atoms with Crippen LogP contribution < -0.4 is 5.32 Å². The predicted molar refractivity (Wildman–Crippen MR) is 190 cm³/mol. The Bertz CT molecular complexity index is 1760. The first kappa shape index (κ1) is 41.9. The van der Waals surface area contributed by atoms with Gasteiger partial charge in [0.15, 0.2) is 5.60 Å². The number of likely N-dealkylation sites (tertiary alicyclic amines) is 1. The number of carboxylic acid groups (broad SMARTS) is 3. The highest BCUT2D eigenvalue weighted by Crippen LogP contribution is 2.79. The number of ether oxygens (including phenoxy) is 4. The molecule has 1 aromatic rings. The minimum Gasteiger partial charge on any atom is -0.481 e. The molecule has 0 radical (unpaired) electrons. The summed E-state index contributed by atoms with van der Waals surface area (Å²) in [7, 11) is 4.68. The largest absolute Gasteiger partial charge is 0.481 e. The molecule has 1 aliphatic heterocycles. The Labute approximate surface area is 322 Å².